The van der Waals surface area contributed by atoms with Gasteiger partial charge >= 0.3 is 6.18 Å². The summed E-state index contributed by atoms with van der Waals surface area (Å²) in [6.07, 6.45) is -0.0494. The number of likely N-dealkylation sites (tertiary alicyclic amines) is 1. The Balaban J connectivity index is 1.68. The topological polar surface area (TPSA) is 79.2 Å². The molecule has 0 saturated carbocycles. The fourth-order valence-corrected chi connectivity index (χ4v) is 3.52. The van der Waals surface area contributed by atoms with Crippen LogP contribution in [0.4, 0.5) is 13.2 Å². The highest BCUT2D eigenvalue weighted by Crippen LogP contribution is 2.31. The quantitative estimate of drug-likeness (QED) is 0.744. The van der Waals surface area contributed by atoms with E-state index < -0.39 is 11.9 Å². The van der Waals surface area contributed by atoms with Gasteiger partial charge < -0.3 is 4.90 Å². The van der Waals surface area contributed by atoms with Crippen LogP contribution in [0.15, 0.2) is 24.5 Å². The lowest BCUT2D eigenvalue weighted by molar-refractivity contribution is -0.142. The van der Waals surface area contributed by atoms with Crippen LogP contribution in [0.1, 0.15) is 46.2 Å². The molecule has 0 aliphatic carbocycles. The van der Waals surface area contributed by atoms with E-state index in [1.54, 1.807) is 11.1 Å². The van der Waals surface area contributed by atoms with E-state index in [1.807, 2.05) is 6.07 Å². The Morgan fingerprint density at radius 1 is 1.37 bits per heavy atom. The molecule has 1 saturated heterocycles. The molecule has 0 aromatic carbocycles. The minimum atomic E-state index is -4.59. The summed E-state index contributed by atoms with van der Waals surface area (Å²) in [6.45, 7) is 2.47. The number of alkyl halides is 3. The third-order valence-electron chi connectivity index (χ3n) is 4.79. The zero-order valence-electron chi connectivity index (χ0n) is 14.5. The first-order chi connectivity index (χ1) is 12.8. The number of aromatic amines is 1. The molecular formula is C17H17F3N6O. The van der Waals surface area contributed by atoms with E-state index in [9.17, 15) is 18.0 Å². The average molecular weight is 378 g/mol. The van der Waals surface area contributed by atoms with Gasteiger partial charge in [-0.05, 0) is 31.9 Å². The second kappa shape index (κ2) is 6.36. The number of nitrogens with zero attached hydrogens (tertiary/aromatic N) is 5. The summed E-state index contributed by atoms with van der Waals surface area (Å²) < 4.78 is 40.5. The number of aromatic nitrogens is 5. The highest BCUT2D eigenvalue weighted by Gasteiger charge is 2.36. The normalized spacial score (nSPS) is 18.2. The zero-order valence-corrected chi connectivity index (χ0v) is 14.5. The Bertz CT molecular complexity index is 979. The number of fused-ring (bicyclic) bond motifs is 1. The van der Waals surface area contributed by atoms with Crippen LogP contribution in [-0.2, 0) is 6.18 Å². The number of hydrogen-bond donors (Lipinski definition) is 1. The molecule has 3 aromatic rings. The van der Waals surface area contributed by atoms with E-state index in [2.05, 4.69) is 20.3 Å². The molecule has 0 radical (unpaired) electrons. The van der Waals surface area contributed by atoms with Crippen molar-refractivity contribution in [2.45, 2.75) is 31.9 Å². The summed E-state index contributed by atoms with van der Waals surface area (Å²) in [5.74, 6) is -0.243. The van der Waals surface area contributed by atoms with Crippen molar-refractivity contribution in [3.63, 3.8) is 0 Å². The smallest absolute Gasteiger partial charge is 0.338 e. The van der Waals surface area contributed by atoms with Crippen molar-refractivity contribution < 1.29 is 18.0 Å². The number of hydrogen-bond acceptors (Lipinski definition) is 4. The Hall–Kier alpha value is -2.91. The van der Waals surface area contributed by atoms with Crippen molar-refractivity contribution >= 4 is 11.6 Å². The molecule has 1 N–H and O–H groups in total. The van der Waals surface area contributed by atoms with Crippen molar-refractivity contribution in [1.29, 1.82) is 0 Å². The van der Waals surface area contributed by atoms with Crippen LogP contribution in [0.3, 0.4) is 0 Å². The number of rotatable bonds is 2. The molecular weight excluding hydrogens is 361 g/mol. The van der Waals surface area contributed by atoms with Crippen molar-refractivity contribution in [2.75, 3.05) is 13.1 Å². The number of nitrogens with one attached hydrogen (secondary N) is 1. The number of carbonyl (C=O) groups is 1. The maximum Gasteiger partial charge on any atom is 0.433 e. The van der Waals surface area contributed by atoms with Crippen molar-refractivity contribution in [2.24, 2.45) is 0 Å². The molecule has 1 amide bonds. The molecule has 142 valence electrons. The van der Waals surface area contributed by atoms with E-state index in [1.165, 1.54) is 13.1 Å². The fourth-order valence-electron chi connectivity index (χ4n) is 3.52. The van der Waals surface area contributed by atoms with Gasteiger partial charge in [0.1, 0.15) is 11.3 Å². The van der Waals surface area contributed by atoms with E-state index in [-0.39, 0.29) is 28.7 Å². The minimum Gasteiger partial charge on any atom is -0.338 e. The summed E-state index contributed by atoms with van der Waals surface area (Å²) in [5, 5.41) is 10.6. The van der Waals surface area contributed by atoms with Crippen LogP contribution < -0.4 is 0 Å². The standard InChI is InChI=1S/C17H17F3N6O/c1-10-7-14(17(18,19)20)26-15(23-10)12(8-22-26)16(27)25-6-2-3-11(9-25)13-4-5-21-24-13/h4-5,7-8,11H,2-3,6,9H2,1H3,(H,21,24). The van der Waals surface area contributed by atoms with Gasteiger partial charge in [0.15, 0.2) is 5.65 Å². The highest BCUT2D eigenvalue weighted by molar-refractivity contribution is 5.99. The van der Waals surface area contributed by atoms with Gasteiger partial charge in [0.2, 0.25) is 0 Å². The van der Waals surface area contributed by atoms with Gasteiger partial charge in [-0.15, -0.1) is 0 Å². The van der Waals surface area contributed by atoms with Crippen LogP contribution in [0.5, 0.6) is 0 Å². The average Bonchev–Trinajstić information content (AvgIpc) is 3.29. The summed E-state index contributed by atoms with van der Waals surface area (Å²) in [4.78, 5) is 18.8. The van der Waals surface area contributed by atoms with Crippen LogP contribution in [0.25, 0.3) is 5.65 Å². The first-order valence-electron chi connectivity index (χ1n) is 8.55. The number of carbonyl (C=O) groups excluding carboxylic acids is 1. The Morgan fingerprint density at radius 2 is 2.19 bits per heavy atom. The molecule has 1 unspecified atom stereocenters. The van der Waals surface area contributed by atoms with Crippen LogP contribution in [0, 0.1) is 6.92 Å². The number of halogens is 3. The summed E-state index contributed by atoms with van der Waals surface area (Å²) in [7, 11) is 0. The van der Waals surface area contributed by atoms with E-state index in [0.29, 0.717) is 17.6 Å². The van der Waals surface area contributed by atoms with Gasteiger partial charge in [0.05, 0.1) is 6.20 Å². The second-order valence-corrected chi connectivity index (χ2v) is 6.68. The summed E-state index contributed by atoms with van der Waals surface area (Å²) >= 11 is 0. The molecule has 3 aromatic heterocycles. The van der Waals surface area contributed by atoms with Crippen LogP contribution in [-0.4, -0.2) is 48.7 Å². The Labute approximate surface area is 152 Å². The molecule has 1 atom stereocenters. The first kappa shape index (κ1) is 17.5. The van der Waals surface area contributed by atoms with Gasteiger partial charge in [-0.3, -0.25) is 9.89 Å². The fraction of sp³-hybridized carbons (Fsp3) is 0.412. The first-order valence-corrected chi connectivity index (χ1v) is 8.55. The lowest BCUT2D eigenvalue weighted by Gasteiger charge is -2.32. The number of amides is 1. The minimum absolute atomic E-state index is 0.0732. The second-order valence-electron chi connectivity index (χ2n) is 6.68. The Morgan fingerprint density at radius 3 is 2.89 bits per heavy atom. The van der Waals surface area contributed by atoms with E-state index >= 15 is 0 Å². The number of aryl methyl sites for hydroxylation is 1. The molecule has 10 heteroatoms. The lowest BCUT2D eigenvalue weighted by Crippen LogP contribution is -2.39. The maximum atomic E-state index is 13.3. The third kappa shape index (κ3) is 3.15. The molecule has 27 heavy (non-hydrogen) atoms. The molecule has 1 aliphatic heterocycles. The van der Waals surface area contributed by atoms with Gasteiger partial charge in [-0.2, -0.15) is 23.4 Å². The summed E-state index contributed by atoms with van der Waals surface area (Å²) in [5.41, 5.74) is 0.183. The molecule has 0 spiro atoms. The monoisotopic (exact) mass is 378 g/mol. The lowest BCUT2D eigenvalue weighted by atomic mass is 9.94. The van der Waals surface area contributed by atoms with E-state index in [4.69, 9.17) is 0 Å². The molecule has 1 fully saturated rings. The third-order valence-corrected chi connectivity index (χ3v) is 4.79. The predicted octanol–water partition coefficient (Wildman–Crippen LogP) is 2.80. The molecule has 0 bridgehead atoms. The highest BCUT2D eigenvalue weighted by atomic mass is 19.4. The van der Waals surface area contributed by atoms with Gasteiger partial charge in [-0.25, -0.2) is 9.50 Å². The summed E-state index contributed by atoms with van der Waals surface area (Å²) in [6, 6.07) is 2.79. The van der Waals surface area contributed by atoms with Crippen LogP contribution >= 0.6 is 0 Å². The largest absolute Gasteiger partial charge is 0.433 e. The molecule has 7 nitrogen and oxygen atoms in total. The number of piperidine rings is 1. The Kier molecular flexibility index (Phi) is 4.12. The van der Waals surface area contributed by atoms with Crippen molar-refractivity contribution in [1.82, 2.24) is 29.7 Å². The SMILES string of the molecule is Cc1cc(C(F)(F)F)n2ncc(C(=O)N3CCCC(c4ccn[nH]4)C3)c2n1. The molecule has 4 rings (SSSR count). The van der Waals surface area contributed by atoms with Gasteiger partial charge in [-0.1, -0.05) is 0 Å². The van der Waals surface area contributed by atoms with Crippen molar-refractivity contribution in [3.05, 3.63) is 47.2 Å². The van der Waals surface area contributed by atoms with Crippen molar-refractivity contribution in [3.8, 4) is 0 Å². The van der Waals surface area contributed by atoms with Gasteiger partial charge in [0.25, 0.3) is 5.91 Å². The molecule has 4 heterocycles. The predicted molar refractivity (Wildman–Crippen MR) is 89.2 cm³/mol. The van der Waals surface area contributed by atoms with Crippen LogP contribution in [0.2, 0.25) is 0 Å². The van der Waals surface area contributed by atoms with Gasteiger partial charge in [0, 0.05) is 36.6 Å². The number of H-pyrrole nitrogens is 1. The van der Waals surface area contributed by atoms with E-state index in [0.717, 1.165) is 24.6 Å². The zero-order chi connectivity index (χ0) is 19.2. The molecule has 1 aliphatic rings. The maximum absolute atomic E-state index is 13.3.